The monoisotopic (exact) mass is 277 g/mol. The van der Waals surface area contributed by atoms with Gasteiger partial charge in [-0.15, -0.1) is 0 Å². The van der Waals surface area contributed by atoms with Crippen LogP contribution in [-0.2, 0) is 0 Å². The van der Waals surface area contributed by atoms with Crippen LogP contribution >= 0.6 is 0 Å². The van der Waals surface area contributed by atoms with Crippen molar-refractivity contribution >= 4 is 0 Å². The van der Waals surface area contributed by atoms with Crippen molar-refractivity contribution in [3.8, 4) is 0 Å². The van der Waals surface area contributed by atoms with Crippen LogP contribution in [0, 0.1) is 11.8 Å². The highest BCUT2D eigenvalue weighted by Gasteiger charge is 2.45. The van der Waals surface area contributed by atoms with E-state index < -0.39 is 12.1 Å². The molecule has 2 unspecified atom stereocenters. The predicted octanol–water partition coefficient (Wildman–Crippen LogP) is 4.67. The van der Waals surface area contributed by atoms with E-state index in [4.69, 9.17) is 0 Å². The first-order valence-corrected chi connectivity index (χ1v) is 7.87. The van der Waals surface area contributed by atoms with Gasteiger partial charge in [-0.1, -0.05) is 38.5 Å². The van der Waals surface area contributed by atoms with E-state index in [2.05, 4.69) is 5.32 Å². The number of hydrogen-bond acceptors (Lipinski definition) is 1. The summed E-state index contributed by atoms with van der Waals surface area (Å²) in [4.78, 5) is 0. The second-order valence-electron chi connectivity index (χ2n) is 6.29. The van der Waals surface area contributed by atoms with Gasteiger partial charge in [0, 0.05) is 6.04 Å². The molecule has 2 fully saturated rings. The molecule has 2 atom stereocenters. The van der Waals surface area contributed by atoms with Crippen molar-refractivity contribution < 1.29 is 13.2 Å². The first-order valence-electron chi connectivity index (χ1n) is 7.87. The van der Waals surface area contributed by atoms with Crippen LogP contribution in [0.5, 0.6) is 0 Å². The van der Waals surface area contributed by atoms with Crippen molar-refractivity contribution in [3.63, 3.8) is 0 Å². The van der Waals surface area contributed by atoms with Crippen molar-refractivity contribution in [2.45, 2.75) is 76.4 Å². The van der Waals surface area contributed by atoms with Gasteiger partial charge in [-0.3, -0.25) is 0 Å². The van der Waals surface area contributed by atoms with E-state index in [1.165, 1.54) is 32.1 Å². The lowest BCUT2D eigenvalue weighted by Gasteiger charge is -2.33. The van der Waals surface area contributed by atoms with Crippen molar-refractivity contribution in [1.82, 2.24) is 5.32 Å². The van der Waals surface area contributed by atoms with Gasteiger partial charge < -0.3 is 5.32 Å². The summed E-state index contributed by atoms with van der Waals surface area (Å²) < 4.78 is 38.7. The summed E-state index contributed by atoms with van der Waals surface area (Å²) in [5, 5.41) is 3.18. The van der Waals surface area contributed by atoms with Crippen molar-refractivity contribution in [1.29, 1.82) is 0 Å². The number of nitrogens with one attached hydrogen (secondary N) is 1. The van der Waals surface area contributed by atoms with Crippen molar-refractivity contribution in [3.05, 3.63) is 0 Å². The Balaban J connectivity index is 1.67. The van der Waals surface area contributed by atoms with E-state index in [0.29, 0.717) is 12.8 Å². The van der Waals surface area contributed by atoms with E-state index in [1.807, 2.05) is 0 Å². The smallest absolute Gasteiger partial charge is 0.313 e. The molecular formula is C15H26F3N. The summed E-state index contributed by atoms with van der Waals surface area (Å²) in [6, 6.07) is -0.336. The summed E-state index contributed by atoms with van der Waals surface area (Å²) in [6.45, 7) is 0.758. The predicted molar refractivity (Wildman–Crippen MR) is 71.0 cm³/mol. The lowest BCUT2D eigenvalue weighted by Crippen LogP contribution is -2.45. The Kier molecular flexibility index (Phi) is 5.55. The maximum Gasteiger partial charge on any atom is 0.393 e. The van der Waals surface area contributed by atoms with E-state index in [9.17, 15) is 13.2 Å². The van der Waals surface area contributed by atoms with Gasteiger partial charge in [-0.05, 0) is 38.1 Å². The average Bonchev–Trinajstić information content (AvgIpc) is 2.87. The summed E-state index contributed by atoms with van der Waals surface area (Å²) >= 11 is 0. The van der Waals surface area contributed by atoms with Gasteiger partial charge in [0.15, 0.2) is 0 Å². The lowest BCUT2D eigenvalue weighted by atomic mass is 9.84. The first kappa shape index (κ1) is 15.1. The molecule has 0 aliphatic heterocycles. The number of rotatable bonds is 5. The zero-order chi connectivity index (χ0) is 13.7. The van der Waals surface area contributed by atoms with Gasteiger partial charge in [0.25, 0.3) is 0 Å². The SMILES string of the molecule is FC(F)(F)C1CCCCC1NCCCC1CCCC1. The van der Waals surface area contributed by atoms with Crippen LogP contribution in [0.3, 0.4) is 0 Å². The molecule has 2 saturated carbocycles. The van der Waals surface area contributed by atoms with Gasteiger partial charge in [-0.25, -0.2) is 0 Å². The molecule has 0 heterocycles. The minimum Gasteiger partial charge on any atom is -0.313 e. The Bertz CT molecular complexity index is 259. The third-order valence-electron chi connectivity index (χ3n) is 4.86. The molecule has 1 nitrogen and oxygen atoms in total. The molecule has 2 aliphatic carbocycles. The summed E-state index contributed by atoms with van der Waals surface area (Å²) in [6.07, 6.45) is 6.21. The molecule has 1 N–H and O–H groups in total. The number of halogens is 3. The van der Waals surface area contributed by atoms with Crippen LogP contribution in [0.15, 0.2) is 0 Å². The summed E-state index contributed by atoms with van der Waals surface area (Å²) in [5.41, 5.74) is 0. The Morgan fingerprint density at radius 2 is 1.53 bits per heavy atom. The van der Waals surface area contributed by atoms with Gasteiger partial charge in [0.1, 0.15) is 0 Å². The second kappa shape index (κ2) is 6.96. The maximum atomic E-state index is 12.9. The fourth-order valence-corrected chi connectivity index (χ4v) is 3.74. The average molecular weight is 277 g/mol. The molecule has 0 bridgehead atoms. The Labute approximate surface area is 114 Å². The molecule has 112 valence electrons. The molecule has 0 spiro atoms. The van der Waals surface area contributed by atoms with Crippen LogP contribution in [0.4, 0.5) is 13.2 Å². The fourth-order valence-electron chi connectivity index (χ4n) is 3.74. The van der Waals surface area contributed by atoms with Crippen LogP contribution < -0.4 is 5.32 Å². The Morgan fingerprint density at radius 1 is 0.895 bits per heavy atom. The van der Waals surface area contributed by atoms with Gasteiger partial charge in [-0.2, -0.15) is 13.2 Å². The number of hydrogen-bond donors (Lipinski definition) is 1. The quantitative estimate of drug-likeness (QED) is 0.720. The molecule has 0 aromatic heterocycles. The Morgan fingerprint density at radius 3 is 2.21 bits per heavy atom. The molecular weight excluding hydrogens is 251 g/mol. The van der Waals surface area contributed by atoms with Crippen molar-refractivity contribution in [2.75, 3.05) is 6.54 Å². The molecule has 0 amide bonds. The molecule has 0 aromatic rings. The molecule has 4 heteroatoms. The minimum absolute atomic E-state index is 0.309. The van der Waals surface area contributed by atoms with E-state index in [-0.39, 0.29) is 6.04 Å². The maximum absolute atomic E-state index is 12.9. The zero-order valence-electron chi connectivity index (χ0n) is 11.6. The van der Waals surface area contributed by atoms with Crippen LogP contribution in [0.25, 0.3) is 0 Å². The molecule has 2 aliphatic rings. The third-order valence-corrected chi connectivity index (χ3v) is 4.86. The van der Waals surface area contributed by atoms with Crippen molar-refractivity contribution in [2.24, 2.45) is 11.8 Å². The normalized spacial score (nSPS) is 29.8. The molecule has 0 radical (unpaired) electrons. The highest BCUT2D eigenvalue weighted by molar-refractivity contribution is 4.85. The molecule has 19 heavy (non-hydrogen) atoms. The highest BCUT2D eigenvalue weighted by atomic mass is 19.4. The van der Waals surface area contributed by atoms with Gasteiger partial charge >= 0.3 is 6.18 Å². The Hall–Kier alpha value is -0.250. The standard InChI is InChI=1S/C15H26F3N/c16-15(17,18)13-9-3-4-10-14(13)19-11-5-8-12-6-1-2-7-12/h12-14,19H,1-11H2. The summed E-state index contributed by atoms with van der Waals surface area (Å²) in [5.74, 6) is -0.278. The van der Waals surface area contributed by atoms with Crippen LogP contribution in [0.2, 0.25) is 0 Å². The van der Waals surface area contributed by atoms with Crippen LogP contribution in [0.1, 0.15) is 64.2 Å². The largest absolute Gasteiger partial charge is 0.393 e. The molecule has 0 aromatic carbocycles. The van der Waals surface area contributed by atoms with E-state index in [1.54, 1.807) is 0 Å². The van der Waals surface area contributed by atoms with E-state index >= 15 is 0 Å². The highest BCUT2D eigenvalue weighted by Crippen LogP contribution is 2.37. The lowest BCUT2D eigenvalue weighted by molar-refractivity contribution is -0.188. The molecule has 2 rings (SSSR count). The fraction of sp³-hybridized carbons (Fsp3) is 1.00. The van der Waals surface area contributed by atoms with Crippen LogP contribution in [-0.4, -0.2) is 18.8 Å². The second-order valence-corrected chi connectivity index (χ2v) is 6.29. The minimum atomic E-state index is -4.02. The zero-order valence-corrected chi connectivity index (χ0v) is 11.6. The summed E-state index contributed by atoms with van der Waals surface area (Å²) in [7, 11) is 0. The van der Waals surface area contributed by atoms with Gasteiger partial charge in [0.2, 0.25) is 0 Å². The topological polar surface area (TPSA) is 12.0 Å². The van der Waals surface area contributed by atoms with E-state index in [0.717, 1.165) is 31.7 Å². The first-order chi connectivity index (χ1) is 9.07. The molecule has 0 saturated heterocycles. The number of alkyl halides is 3. The third kappa shape index (κ3) is 4.66. The van der Waals surface area contributed by atoms with Gasteiger partial charge in [0.05, 0.1) is 5.92 Å².